The number of carbonyl (C=O) groups is 2. The lowest BCUT2D eigenvalue weighted by Gasteiger charge is -2.31. The van der Waals surface area contributed by atoms with Crippen LogP contribution in [0.4, 0.5) is 5.69 Å². The van der Waals surface area contributed by atoms with Gasteiger partial charge in [-0.05, 0) is 38.1 Å². The van der Waals surface area contributed by atoms with Gasteiger partial charge in [-0.2, -0.15) is 0 Å². The Balaban J connectivity index is 1.87. The molecule has 1 aliphatic rings. The number of hydrogen-bond donors (Lipinski definition) is 2. The van der Waals surface area contributed by atoms with Crippen molar-refractivity contribution >= 4 is 17.6 Å². The van der Waals surface area contributed by atoms with Gasteiger partial charge in [0, 0.05) is 5.69 Å². The molecule has 1 amide bonds. The summed E-state index contributed by atoms with van der Waals surface area (Å²) in [6.07, 6.45) is 0.344. The minimum atomic E-state index is -0.390. The van der Waals surface area contributed by atoms with Gasteiger partial charge in [0.25, 0.3) is 5.91 Å². The van der Waals surface area contributed by atoms with Crippen molar-refractivity contribution in [2.24, 2.45) is 0 Å². The quantitative estimate of drug-likeness (QED) is 0.775. The van der Waals surface area contributed by atoms with Crippen molar-refractivity contribution in [3.63, 3.8) is 0 Å². The lowest BCUT2D eigenvalue weighted by atomic mass is 10.2. The highest BCUT2D eigenvalue weighted by Crippen LogP contribution is 2.10. The molecule has 2 atom stereocenters. The monoisotopic (exact) mass is 307 g/mol. The molecule has 1 aromatic rings. The second kappa shape index (κ2) is 7.38. The molecule has 1 aliphatic heterocycles. The molecule has 1 aromatic carbocycles. The van der Waals surface area contributed by atoms with Gasteiger partial charge in [0.1, 0.15) is 25.3 Å². The first-order valence-corrected chi connectivity index (χ1v) is 7.45. The van der Waals surface area contributed by atoms with Crippen LogP contribution in [0.25, 0.3) is 0 Å². The molecule has 1 fully saturated rings. The van der Waals surface area contributed by atoms with E-state index in [9.17, 15) is 9.59 Å². The van der Waals surface area contributed by atoms with Crippen LogP contribution in [0, 0.1) is 0 Å². The normalized spacial score (nSPS) is 24.6. The Kier molecular flexibility index (Phi) is 5.51. The first-order chi connectivity index (χ1) is 10.5. The highest BCUT2D eigenvalue weighted by molar-refractivity contribution is 5.93. The summed E-state index contributed by atoms with van der Waals surface area (Å²) in [6, 6.07) is 6.66. The molecule has 22 heavy (non-hydrogen) atoms. The summed E-state index contributed by atoms with van der Waals surface area (Å²) in [5.74, 6) is -0.430. The lowest BCUT2D eigenvalue weighted by molar-refractivity contribution is -0.907. The minimum absolute atomic E-state index is 0.0397. The Morgan fingerprint density at radius 2 is 1.82 bits per heavy atom. The number of rotatable bonds is 4. The van der Waals surface area contributed by atoms with E-state index in [4.69, 9.17) is 4.74 Å². The van der Waals surface area contributed by atoms with Gasteiger partial charge in [0.05, 0.1) is 12.7 Å². The van der Waals surface area contributed by atoms with Crippen molar-refractivity contribution in [2.45, 2.75) is 26.1 Å². The number of quaternary nitrogens is 1. The number of carbonyl (C=O) groups excluding carboxylic acids is 2. The number of nitrogens with one attached hydrogen (secondary N) is 2. The molecule has 0 aromatic heterocycles. The Bertz CT molecular complexity index is 519. The third-order valence-corrected chi connectivity index (χ3v) is 3.62. The van der Waals surface area contributed by atoms with Gasteiger partial charge >= 0.3 is 5.97 Å². The number of ether oxygens (including phenoxy) is 2. The molecular formula is C16H23N2O4+. The Hall–Kier alpha value is -1.92. The average Bonchev–Trinajstić information content (AvgIpc) is 2.46. The van der Waals surface area contributed by atoms with Gasteiger partial charge in [0.15, 0.2) is 6.54 Å². The first kappa shape index (κ1) is 16.5. The third-order valence-electron chi connectivity index (χ3n) is 3.62. The number of esters is 1. The SMILES string of the molecule is COC(=O)c1ccc(NC(=O)C[NH+]2C[C@H](C)O[C@@H](C)C2)cc1. The molecule has 0 saturated carbocycles. The minimum Gasteiger partial charge on any atom is -0.465 e. The van der Waals surface area contributed by atoms with Crippen LogP contribution in [0.5, 0.6) is 0 Å². The second-order valence-electron chi connectivity index (χ2n) is 5.71. The predicted molar refractivity (Wildman–Crippen MR) is 82.0 cm³/mol. The molecule has 1 heterocycles. The third kappa shape index (κ3) is 4.54. The molecule has 2 N–H and O–H groups in total. The fourth-order valence-electron chi connectivity index (χ4n) is 2.77. The lowest BCUT2D eigenvalue weighted by Crippen LogP contribution is -3.16. The van der Waals surface area contributed by atoms with Crippen molar-refractivity contribution in [3.05, 3.63) is 29.8 Å². The summed E-state index contributed by atoms with van der Waals surface area (Å²) < 4.78 is 10.3. The zero-order chi connectivity index (χ0) is 16.1. The van der Waals surface area contributed by atoms with Crippen molar-refractivity contribution in [1.82, 2.24) is 0 Å². The van der Waals surface area contributed by atoms with E-state index < -0.39 is 5.97 Å². The maximum atomic E-state index is 12.1. The summed E-state index contributed by atoms with van der Waals surface area (Å²) in [7, 11) is 1.34. The number of benzene rings is 1. The van der Waals surface area contributed by atoms with Gasteiger partial charge in [-0.1, -0.05) is 0 Å². The average molecular weight is 307 g/mol. The van der Waals surface area contributed by atoms with Gasteiger partial charge in [-0.15, -0.1) is 0 Å². The Labute approximate surface area is 130 Å². The first-order valence-electron chi connectivity index (χ1n) is 7.45. The van der Waals surface area contributed by atoms with E-state index in [0.717, 1.165) is 13.1 Å². The summed E-state index contributed by atoms with van der Waals surface area (Å²) in [5, 5.41) is 2.85. The van der Waals surface area contributed by atoms with Gasteiger partial charge in [-0.25, -0.2) is 4.79 Å². The fourth-order valence-corrected chi connectivity index (χ4v) is 2.77. The number of hydrogen-bond acceptors (Lipinski definition) is 4. The molecule has 0 radical (unpaired) electrons. The van der Waals surface area contributed by atoms with Crippen LogP contribution in [0.15, 0.2) is 24.3 Å². The molecule has 0 spiro atoms. The molecule has 0 aliphatic carbocycles. The molecule has 120 valence electrons. The number of amides is 1. The van der Waals surface area contributed by atoms with E-state index in [2.05, 4.69) is 10.1 Å². The molecule has 0 bridgehead atoms. The van der Waals surface area contributed by atoms with E-state index in [1.165, 1.54) is 12.0 Å². The fraction of sp³-hybridized carbons (Fsp3) is 0.500. The topological polar surface area (TPSA) is 69.1 Å². The summed E-state index contributed by atoms with van der Waals surface area (Å²) in [6.45, 7) is 6.13. The van der Waals surface area contributed by atoms with E-state index in [0.29, 0.717) is 17.8 Å². The van der Waals surface area contributed by atoms with E-state index in [1.54, 1.807) is 24.3 Å². The molecular weight excluding hydrogens is 284 g/mol. The Morgan fingerprint density at radius 1 is 1.23 bits per heavy atom. The van der Waals surface area contributed by atoms with Crippen LogP contribution in [-0.2, 0) is 14.3 Å². The van der Waals surface area contributed by atoms with Gasteiger partial charge < -0.3 is 19.7 Å². The Morgan fingerprint density at radius 3 is 2.36 bits per heavy atom. The molecule has 0 unspecified atom stereocenters. The number of anilines is 1. The molecule has 1 saturated heterocycles. The van der Waals surface area contributed by atoms with Crippen molar-refractivity contribution < 1.29 is 24.0 Å². The standard InChI is InChI=1S/C16H22N2O4/c1-11-8-18(9-12(2)22-11)10-15(19)17-14-6-4-13(5-7-14)16(20)21-3/h4-7,11-12H,8-10H2,1-3H3,(H,17,19)/p+1/t11-,12-/m0/s1. The highest BCUT2D eigenvalue weighted by atomic mass is 16.5. The predicted octanol–water partition coefficient (Wildman–Crippen LogP) is 0.104. The smallest absolute Gasteiger partial charge is 0.337 e. The number of methoxy groups -OCH3 is 1. The molecule has 6 heteroatoms. The van der Waals surface area contributed by atoms with Crippen LogP contribution in [0.1, 0.15) is 24.2 Å². The van der Waals surface area contributed by atoms with E-state index in [1.807, 2.05) is 13.8 Å². The van der Waals surface area contributed by atoms with Crippen molar-refractivity contribution in [1.29, 1.82) is 0 Å². The summed E-state index contributed by atoms with van der Waals surface area (Å²) in [5.41, 5.74) is 1.13. The second-order valence-corrected chi connectivity index (χ2v) is 5.71. The summed E-state index contributed by atoms with van der Waals surface area (Å²) in [4.78, 5) is 24.7. The van der Waals surface area contributed by atoms with Gasteiger partial charge in [-0.3, -0.25) is 4.79 Å². The maximum absolute atomic E-state index is 12.1. The van der Waals surface area contributed by atoms with E-state index in [-0.39, 0.29) is 18.1 Å². The molecule has 6 nitrogen and oxygen atoms in total. The van der Waals surface area contributed by atoms with Crippen LogP contribution in [0.2, 0.25) is 0 Å². The van der Waals surface area contributed by atoms with E-state index >= 15 is 0 Å². The van der Waals surface area contributed by atoms with Crippen LogP contribution in [-0.4, -0.2) is 50.8 Å². The van der Waals surface area contributed by atoms with Crippen LogP contribution >= 0.6 is 0 Å². The number of morpholine rings is 1. The van der Waals surface area contributed by atoms with Crippen molar-refractivity contribution in [2.75, 3.05) is 32.1 Å². The molecule has 2 rings (SSSR count). The maximum Gasteiger partial charge on any atom is 0.337 e. The summed E-state index contributed by atoms with van der Waals surface area (Å²) >= 11 is 0. The van der Waals surface area contributed by atoms with Crippen molar-refractivity contribution in [3.8, 4) is 0 Å². The highest BCUT2D eigenvalue weighted by Gasteiger charge is 2.27. The zero-order valence-corrected chi connectivity index (χ0v) is 13.2. The van der Waals surface area contributed by atoms with Crippen LogP contribution in [0.3, 0.4) is 0 Å². The zero-order valence-electron chi connectivity index (χ0n) is 13.2. The van der Waals surface area contributed by atoms with Gasteiger partial charge in [0.2, 0.25) is 0 Å². The largest absolute Gasteiger partial charge is 0.465 e. The van der Waals surface area contributed by atoms with Crippen LogP contribution < -0.4 is 10.2 Å².